The van der Waals surface area contributed by atoms with Gasteiger partial charge < -0.3 is 14.8 Å². The molecule has 1 atom stereocenters. The summed E-state index contributed by atoms with van der Waals surface area (Å²) in [5.41, 5.74) is 4.97. The van der Waals surface area contributed by atoms with Gasteiger partial charge in [-0.15, -0.1) is 0 Å². The summed E-state index contributed by atoms with van der Waals surface area (Å²) in [4.78, 5) is 0. The number of ether oxygens (including phenoxy) is 2. The standard InChI is InChI=1S/C18H21N3O2S/c1-4-23-16-9-5-13(6-10-16)18(2)19-17(24)21(20-18)14-7-11-15(22-3)12-8-14/h5-12,20H,4H2,1-3H3,(H,19,24)/t18-/m1/s1. The maximum Gasteiger partial charge on any atom is 0.190 e. The predicted molar refractivity (Wildman–Crippen MR) is 99.3 cm³/mol. The summed E-state index contributed by atoms with van der Waals surface area (Å²) in [6.45, 7) is 4.68. The molecule has 0 unspecified atom stereocenters. The highest BCUT2D eigenvalue weighted by Crippen LogP contribution is 2.28. The highest BCUT2D eigenvalue weighted by Gasteiger charge is 2.38. The van der Waals surface area contributed by atoms with E-state index in [4.69, 9.17) is 21.7 Å². The minimum atomic E-state index is -0.484. The van der Waals surface area contributed by atoms with Crippen molar-refractivity contribution in [1.29, 1.82) is 0 Å². The fourth-order valence-corrected chi connectivity index (χ4v) is 3.03. The van der Waals surface area contributed by atoms with Crippen LogP contribution in [0.25, 0.3) is 0 Å². The first-order valence-electron chi connectivity index (χ1n) is 7.83. The van der Waals surface area contributed by atoms with Gasteiger partial charge in [-0.25, -0.2) is 5.01 Å². The van der Waals surface area contributed by atoms with Crippen LogP contribution in [0.3, 0.4) is 0 Å². The minimum absolute atomic E-state index is 0.484. The fourth-order valence-electron chi connectivity index (χ4n) is 2.67. The van der Waals surface area contributed by atoms with Crippen LogP contribution < -0.4 is 25.2 Å². The Morgan fingerprint density at radius 1 is 1.04 bits per heavy atom. The summed E-state index contributed by atoms with van der Waals surface area (Å²) in [5.74, 6) is 1.67. The molecule has 0 aliphatic carbocycles. The first-order valence-corrected chi connectivity index (χ1v) is 8.24. The normalized spacial score (nSPS) is 20.0. The third kappa shape index (κ3) is 3.16. The van der Waals surface area contributed by atoms with Gasteiger partial charge in [0, 0.05) is 0 Å². The lowest BCUT2D eigenvalue weighted by molar-refractivity contribution is 0.339. The van der Waals surface area contributed by atoms with Gasteiger partial charge in [-0.3, -0.25) is 0 Å². The van der Waals surface area contributed by atoms with Crippen molar-refractivity contribution in [1.82, 2.24) is 10.7 Å². The quantitative estimate of drug-likeness (QED) is 0.813. The number of anilines is 1. The van der Waals surface area contributed by atoms with Crippen molar-refractivity contribution < 1.29 is 9.47 Å². The number of benzene rings is 2. The average Bonchev–Trinajstić information content (AvgIpc) is 2.92. The van der Waals surface area contributed by atoms with E-state index in [9.17, 15) is 0 Å². The monoisotopic (exact) mass is 343 g/mol. The zero-order chi connectivity index (χ0) is 17.2. The number of hydrazine groups is 1. The van der Waals surface area contributed by atoms with E-state index in [-0.39, 0.29) is 0 Å². The Morgan fingerprint density at radius 2 is 1.67 bits per heavy atom. The first kappa shape index (κ1) is 16.5. The molecule has 126 valence electrons. The fraction of sp³-hybridized carbons (Fsp3) is 0.278. The molecular formula is C18H21N3O2S. The van der Waals surface area contributed by atoms with E-state index in [0.717, 1.165) is 22.7 Å². The van der Waals surface area contributed by atoms with E-state index < -0.39 is 5.66 Å². The summed E-state index contributed by atoms with van der Waals surface area (Å²) in [6.07, 6.45) is 0. The van der Waals surface area contributed by atoms with Crippen molar-refractivity contribution in [2.75, 3.05) is 18.7 Å². The lowest BCUT2D eigenvalue weighted by Crippen LogP contribution is -2.45. The van der Waals surface area contributed by atoms with Crippen molar-refractivity contribution in [2.45, 2.75) is 19.5 Å². The van der Waals surface area contributed by atoms with Crippen LogP contribution in [-0.2, 0) is 5.66 Å². The van der Waals surface area contributed by atoms with Crippen LogP contribution in [-0.4, -0.2) is 18.8 Å². The van der Waals surface area contributed by atoms with Gasteiger partial charge in [0.15, 0.2) is 5.11 Å². The molecular weight excluding hydrogens is 322 g/mol. The summed E-state index contributed by atoms with van der Waals surface area (Å²) >= 11 is 5.50. The Hall–Kier alpha value is -2.31. The van der Waals surface area contributed by atoms with Crippen LogP contribution in [0.4, 0.5) is 5.69 Å². The topological polar surface area (TPSA) is 45.8 Å². The highest BCUT2D eigenvalue weighted by atomic mass is 32.1. The molecule has 3 rings (SSSR count). The summed E-state index contributed by atoms with van der Waals surface area (Å²) in [5, 5.41) is 5.84. The number of nitrogens with zero attached hydrogens (tertiary/aromatic N) is 1. The number of nitrogens with one attached hydrogen (secondary N) is 2. The van der Waals surface area contributed by atoms with Crippen LogP contribution in [0, 0.1) is 0 Å². The molecule has 2 aromatic rings. The molecule has 1 saturated heterocycles. The zero-order valence-corrected chi connectivity index (χ0v) is 14.8. The van der Waals surface area contributed by atoms with Gasteiger partial charge in [0.25, 0.3) is 0 Å². The predicted octanol–water partition coefficient (Wildman–Crippen LogP) is 3.17. The Labute approximate surface area is 147 Å². The molecule has 0 radical (unpaired) electrons. The van der Waals surface area contributed by atoms with Crippen molar-refractivity contribution >= 4 is 23.0 Å². The highest BCUT2D eigenvalue weighted by molar-refractivity contribution is 7.80. The number of rotatable bonds is 5. The molecule has 0 amide bonds. The molecule has 1 aliphatic heterocycles. The molecule has 2 aromatic carbocycles. The van der Waals surface area contributed by atoms with E-state index in [0.29, 0.717) is 11.7 Å². The molecule has 0 bridgehead atoms. The van der Waals surface area contributed by atoms with Gasteiger partial charge in [-0.2, -0.15) is 5.43 Å². The molecule has 1 aliphatic rings. The van der Waals surface area contributed by atoms with Crippen LogP contribution >= 0.6 is 12.2 Å². The lowest BCUT2D eigenvalue weighted by Gasteiger charge is -2.26. The third-order valence-corrected chi connectivity index (χ3v) is 4.25. The molecule has 24 heavy (non-hydrogen) atoms. The van der Waals surface area contributed by atoms with E-state index in [1.807, 2.05) is 60.5 Å². The maximum atomic E-state index is 5.50. The van der Waals surface area contributed by atoms with Crippen LogP contribution in [0.1, 0.15) is 19.4 Å². The Balaban J connectivity index is 1.81. The average molecular weight is 343 g/mol. The number of methoxy groups -OCH3 is 1. The molecule has 0 spiro atoms. The van der Waals surface area contributed by atoms with E-state index in [2.05, 4.69) is 17.7 Å². The minimum Gasteiger partial charge on any atom is -0.497 e. The van der Waals surface area contributed by atoms with Gasteiger partial charge in [-0.1, -0.05) is 12.1 Å². The van der Waals surface area contributed by atoms with Gasteiger partial charge in [0.1, 0.15) is 17.2 Å². The first-order chi connectivity index (χ1) is 11.6. The largest absolute Gasteiger partial charge is 0.497 e. The van der Waals surface area contributed by atoms with Crippen LogP contribution in [0.2, 0.25) is 0 Å². The number of hydrogen-bond donors (Lipinski definition) is 2. The van der Waals surface area contributed by atoms with Gasteiger partial charge in [0.05, 0.1) is 19.4 Å². The molecule has 0 saturated carbocycles. The maximum absolute atomic E-state index is 5.50. The molecule has 2 N–H and O–H groups in total. The second-order valence-electron chi connectivity index (χ2n) is 5.66. The summed E-state index contributed by atoms with van der Waals surface area (Å²) < 4.78 is 10.7. The zero-order valence-electron chi connectivity index (χ0n) is 14.0. The van der Waals surface area contributed by atoms with Crippen molar-refractivity contribution in [2.24, 2.45) is 0 Å². The summed E-state index contributed by atoms with van der Waals surface area (Å²) in [7, 11) is 1.65. The van der Waals surface area contributed by atoms with Crippen molar-refractivity contribution in [3.05, 3.63) is 54.1 Å². The van der Waals surface area contributed by atoms with Crippen LogP contribution in [0.5, 0.6) is 11.5 Å². The van der Waals surface area contributed by atoms with Gasteiger partial charge in [0.2, 0.25) is 0 Å². The number of hydrogen-bond acceptors (Lipinski definition) is 4. The Morgan fingerprint density at radius 3 is 2.25 bits per heavy atom. The summed E-state index contributed by atoms with van der Waals surface area (Å²) in [6, 6.07) is 15.7. The van der Waals surface area contributed by atoms with Crippen LogP contribution in [0.15, 0.2) is 48.5 Å². The molecule has 0 aromatic heterocycles. The Bertz CT molecular complexity index is 718. The van der Waals surface area contributed by atoms with E-state index in [1.54, 1.807) is 7.11 Å². The third-order valence-electron chi connectivity index (χ3n) is 3.97. The molecule has 1 fully saturated rings. The second-order valence-corrected chi connectivity index (χ2v) is 6.04. The smallest absolute Gasteiger partial charge is 0.190 e. The SMILES string of the molecule is CCOc1ccc([C@]2(C)NC(=S)N(c3ccc(OC)cc3)N2)cc1. The molecule has 5 nitrogen and oxygen atoms in total. The van der Waals surface area contributed by atoms with Crippen molar-refractivity contribution in [3.8, 4) is 11.5 Å². The lowest BCUT2D eigenvalue weighted by atomic mass is 10.0. The van der Waals surface area contributed by atoms with Gasteiger partial charge >= 0.3 is 0 Å². The van der Waals surface area contributed by atoms with Crippen molar-refractivity contribution in [3.63, 3.8) is 0 Å². The molecule has 1 heterocycles. The van der Waals surface area contributed by atoms with E-state index >= 15 is 0 Å². The number of thiocarbonyl (C=S) groups is 1. The van der Waals surface area contributed by atoms with E-state index in [1.165, 1.54) is 0 Å². The molecule has 6 heteroatoms. The second kappa shape index (κ2) is 6.67. The van der Waals surface area contributed by atoms with Gasteiger partial charge in [-0.05, 0) is 68.0 Å². The Kier molecular flexibility index (Phi) is 4.59.